The molecule has 0 bridgehead atoms. The smallest absolute Gasteiger partial charge is 0.165 e. The van der Waals surface area contributed by atoms with Gasteiger partial charge in [0.25, 0.3) is 0 Å². The molecule has 0 saturated carbocycles. The van der Waals surface area contributed by atoms with Gasteiger partial charge in [-0.25, -0.2) is 15.0 Å². The lowest BCUT2D eigenvalue weighted by atomic mass is 9.70. The fourth-order valence-electron chi connectivity index (χ4n) is 8.51. The van der Waals surface area contributed by atoms with E-state index >= 15 is 0 Å². The molecule has 5 aromatic rings. The summed E-state index contributed by atoms with van der Waals surface area (Å²) in [6.07, 6.45) is 22.1. The zero-order valence-corrected chi connectivity index (χ0v) is 34.2. The normalized spacial score (nSPS) is 13.2. The predicted molar refractivity (Wildman–Crippen MR) is 229 cm³/mol. The maximum absolute atomic E-state index is 5.09. The molecule has 284 valence electrons. The van der Waals surface area contributed by atoms with E-state index in [9.17, 15) is 0 Å². The van der Waals surface area contributed by atoms with E-state index in [0.717, 1.165) is 35.5 Å². The Morgan fingerprint density at radius 3 is 1.70 bits per heavy atom. The Bertz CT molecular complexity index is 1920. The Morgan fingerprint density at radius 2 is 1.11 bits per heavy atom. The number of hydrogen-bond donors (Lipinski definition) is 0. The van der Waals surface area contributed by atoms with Crippen LogP contribution in [0.5, 0.6) is 0 Å². The van der Waals surface area contributed by atoms with Crippen LogP contribution in [-0.4, -0.2) is 19.9 Å². The Morgan fingerprint density at radius 1 is 0.537 bits per heavy atom. The number of nitrogens with zero attached hydrogens (tertiary/aromatic N) is 4. The fraction of sp³-hybridized carbons (Fsp3) is 0.480. The maximum Gasteiger partial charge on any atom is 0.165 e. The molecule has 4 heteroatoms. The van der Waals surface area contributed by atoms with Gasteiger partial charge in [0, 0.05) is 34.7 Å². The van der Waals surface area contributed by atoms with Crippen LogP contribution in [-0.2, 0) is 18.3 Å². The topological polar surface area (TPSA) is 51.6 Å². The van der Waals surface area contributed by atoms with Crippen molar-refractivity contribution >= 4 is 0 Å². The Labute approximate surface area is 326 Å². The highest BCUT2D eigenvalue weighted by Crippen LogP contribution is 2.55. The molecule has 2 aromatic heterocycles. The van der Waals surface area contributed by atoms with Crippen LogP contribution >= 0.6 is 0 Å². The van der Waals surface area contributed by atoms with Gasteiger partial charge in [-0.15, -0.1) is 0 Å². The second kappa shape index (κ2) is 18.4. The van der Waals surface area contributed by atoms with Gasteiger partial charge in [-0.2, -0.15) is 0 Å². The van der Waals surface area contributed by atoms with Gasteiger partial charge in [0.15, 0.2) is 11.6 Å². The van der Waals surface area contributed by atoms with E-state index < -0.39 is 0 Å². The number of unbranched alkanes of at least 4 members (excludes halogenated alkanes) is 10. The number of pyridine rings is 1. The highest BCUT2D eigenvalue weighted by molar-refractivity contribution is 5.84. The summed E-state index contributed by atoms with van der Waals surface area (Å²) in [7, 11) is 0. The fourth-order valence-corrected chi connectivity index (χ4v) is 8.51. The average molecular weight is 721 g/mol. The van der Waals surface area contributed by atoms with Crippen molar-refractivity contribution in [2.45, 2.75) is 150 Å². The Balaban J connectivity index is 1.35. The summed E-state index contributed by atoms with van der Waals surface area (Å²) in [6.45, 7) is 13.6. The molecule has 0 fully saturated rings. The summed E-state index contributed by atoms with van der Waals surface area (Å²) in [5.41, 5.74) is 11.6. The molecule has 0 saturated heterocycles. The lowest BCUT2D eigenvalue weighted by molar-refractivity contribution is 0.397. The monoisotopic (exact) mass is 721 g/mol. The number of hydrogen-bond acceptors (Lipinski definition) is 4. The molecule has 54 heavy (non-hydrogen) atoms. The molecule has 0 unspecified atom stereocenters. The van der Waals surface area contributed by atoms with Gasteiger partial charge in [0.1, 0.15) is 5.82 Å². The van der Waals surface area contributed by atoms with E-state index in [1.54, 1.807) is 5.56 Å². The van der Waals surface area contributed by atoms with Crippen molar-refractivity contribution in [2.24, 2.45) is 5.41 Å². The third-order valence-corrected chi connectivity index (χ3v) is 11.5. The summed E-state index contributed by atoms with van der Waals surface area (Å²) in [5, 5.41) is 0. The largest absolute Gasteiger partial charge is 0.255 e. The average Bonchev–Trinajstić information content (AvgIpc) is 3.45. The maximum atomic E-state index is 5.09. The highest BCUT2D eigenvalue weighted by atomic mass is 15.0. The van der Waals surface area contributed by atoms with Crippen molar-refractivity contribution in [1.29, 1.82) is 0 Å². The lowest BCUT2D eigenvalue weighted by Gasteiger charge is -2.33. The Kier molecular flexibility index (Phi) is 13.5. The summed E-state index contributed by atoms with van der Waals surface area (Å²) in [5.74, 6) is 2.20. The van der Waals surface area contributed by atoms with Gasteiger partial charge in [0.2, 0.25) is 0 Å². The van der Waals surface area contributed by atoms with Gasteiger partial charge in [0.05, 0.1) is 5.69 Å². The molecule has 0 amide bonds. The van der Waals surface area contributed by atoms with Crippen LogP contribution in [0.25, 0.3) is 45.2 Å². The van der Waals surface area contributed by atoms with Crippen LogP contribution in [0.3, 0.4) is 0 Å². The van der Waals surface area contributed by atoms with Crippen molar-refractivity contribution in [1.82, 2.24) is 19.9 Å². The molecule has 0 atom stereocenters. The van der Waals surface area contributed by atoms with Crippen LogP contribution in [0.4, 0.5) is 0 Å². The zero-order chi connectivity index (χ0) is 38.0. The summed E-state index contributed by atoms with van der Waals surface area (Å²) >= 11 is 0. The van der Waals surface area contributed by atoms with Crippen molar-refractivity contribution in [2.75, 3.05) is 0 Å². The van der Waals surface area contributed by atoms with Crippen molar-refractivity contribution in [3.63, 3.8) is 0 Å². The molecule has 1 aliphatic carbocycles. The van der Waals surface area contributed by atoms with Crippen LogP contribution in [0.15, 0.2) is 85.1 Å². The van der Waals surface area contributed by atoms with Gasteiger partial charge in [-0.3, -0.25) is 4.98 Å². The SMILES string of the molecule is CCCCCCCCC1(CCCCCCCC)c2cc(CC)ccc2-c2ccc(-c3ccc(-c4nc(CC(C)(C)C)nc(-c5ccccc5)n4)cn3)cc21. The highest BCUT2D eigenvalue weighted by Gasteiger charge is 2.42. The molecule has 2 heterocycles. The van der Waals surface area contributed by atoms with Gasteiger partial charge in [-0.1, -0.05) is 179 Å². The second-order valence-electron chi connectivity index (χ2n) is 17.0. The molecule has 0 radical (unpaired) electrons. The summed E-state index contributed by atoms with van der Waals surface area (Å²) < 4.78 is 0. The molecule has 4 nitrogen and oxygen atoms in total. The quantitative estimate of drug-likeness (QED) is 0.0797. The number of aryl methyl sites for hydroxylation is 1. The minimum Gasteiger partial charge on any atom is -0.255 e. The molecule has 0 N–H and O–H groups in total. The molecular weight excluding hydrogens is 657 g/mol. The van der Waals surface area contributed by atoms with E-state index in [1.807, 2.05) is 24.4 Å². The van der Waals surface area contributed by atoms with Gasteiger partial charge in [-0.05, 0) is 70.7 Å². The van der Waals surface area contributed by atoms with Crippen LogP contribution in [0, 0.1) is 5.41 Å². The first-order valence-corrected chi connectivity index (χ1v) is 21.3. The Hall–Kier alpha value is -4.18. The molecule has 6 rings (SSSR count). The molecule has 0 spiro atoms. The van der Waals surface area contributed by atoms with Crippen LogP contribution < -0.4 is 0 Å². The van der Waals surface area contributed by atoms with Crippen LogP contribution in [0.2, 0.25) is 0 Å². The van der Waals surface area contributed by atoms with Crippen molar-refractivity contribution in [3.05, 3.63) is 108 Å². The van der Waals surface area contributed by atoms with Crippen molar-refractivity contribution < 1.29 is 0 Å². The zero-order valence-electron chi connectivity index (χ0n) is 34.2. The van der Waals surface area contributed by atoms with E-state index in [4.69, 9.17) is 19.9 Å². The number of aromatic nitrogens is 4. The number of fused-ring (bicyclic) bond motifs is 3. The standard InChI is InChI=1S/C50H64N4/c1-7-10-12-14-16-21-31-50(32-22-17-15-13-11-8-2)43-33-37(9-3)25-28-41(43)42-29-26-39(34-44(42)50)45-30-27-40(36-51-45)48-53-46(35-49(4,5)6)52-47(54-48)38-23-19-18-20-24-38/h18-20,23-30,33-34,36H,7-17,21-22,31-32,35H2,1-6H3. The first-order chi connectivity index (χ1) is 26.2. The molecule has 0 aliphatic heterocycles. The molecule has 1 aliphatic rings. The van der Waals surface area contributed by atoms with Crippen LogP contribution in [0.1, 0.15) is 154 Å². The molecular formula is C50H64N4. The molecule has 3 aromatic carbocycles. The van der Waals surface area contributed by atoms with E-state index in [2.05, 4.69) is 102 Å². The third kappa shape index (κ3) is 9.54. The predicted octanol–water partition coefficient (Wildman–Crippen LogP) is 14.2. The van der Waals surface area contributed by atoms with E-state index in [-0.39, 0.29) is 10.8 Å². The van der Waals surface area contributed by atoms with E-state index in [1.165, 1.54) is 118 Å². The third-order valence-electron chi connectivity index (χ3n) is 11.5. The first kappa shape index (κ1) is 39.5. The summed E-state index contributed by atoms with van der Waals surface area (Å²) in [4.78, 5) is 19.9. The minimum absolute atomic E-state index is 0.0451. The van der Waals surface area contributed by atoms with Gasteiger partial charge >= 0.3 is 0 Å². The first-order valence-electron chi connectivity index (χ1n) is 21.3. The number of benzene rings is 3. The van der Waals surface area contributed by atoms with Crippen molar-refractivity contribution in [3.8, 4) is 45.2 Å². The lowest BCUT2D eigenvalue weighted by Crippen LogP contribution is -2.26. The van der Waals surface area contributed by atoms with E-state index in [0.29, 0.717) is 11.6 Å². The van der Waals surface area contributed by atoms with Gasteiger partial charge < -0.3 is 0 Å². The second-order valence-corrected chi connectivity index (χ2v) is 17.0. The summed E-state index contributed by atoms with van der Waals surface area (Å²) in [6, 6.07) is 29.1. The number of rotatable bonds is 19. The minimum atomic E-state index is 0.0451.